The van der Waals surface area contributed by atoms with Gasteiger partial charge in [0.2, 0.25) is 0 Å². The lowest BCUT2D eigenvalue weighted by Gasteiger charge is -2.18. The predicted molar refractivity (Wildman–Crippen MR) is 126 cm³/mol. The molecule has 0 fully saturated rings. The van der Waals surface area contributed by atoms with Crippen molar-refractivity contribution >= 4 is 22.9 Å². The van der Waals surface area contributed by atoms with Crippen LogP contribution in [0.25, 0.3) is 5.57 Å². The minimum Gasteiger partial charge on any atom is -0.477 e. The molecule has 0 saturated heterocycles. The van der Waals surface area contributed by atoms with Gasteiger partial charge in [-0.3, -0.25) is 0 Å². The number of carboxylic acid groups (broad SMARTS) is 1. The molecular weight excluding hydrogens is 408 g/mol. The van der Waals surface area contributed by atoms with Crippen LogP contribution in [0, 0.1) is 5.92 Å². The number of benzene rings is 1. The quantitative estimate of drug-likeness (QED) is 0.340. The van der Waals surface area contributed by atoms with E-state index >= 15 is 0 Å². The summed E-state index contributed by atoms with van der Waals surface area (Å²) in [6, 6.07) is 10.0. The normalized spacial score (nSPS) is 17.3. The van der Waals surface area contributed by atoms with E-state index in [1.165, 1.54) is 16.9 Å². The van der Waals surface area contributed by atoms with E-state index in [1.54, 1.807) is 6.07 Å². The minimum absolute atomic E-state index is 0.0970. The number of allylic oxidation sites excluding steroid dienone is 1. The number of aliphatic hydroxyl groups excluding tert-OH is 2. The molecule has 0 saturated carbocycles. The van der Waals surface area contributed by atoms with E-state index in [-0.39, 0.29) is 6.61 Å². The zero-order valence-electron chi connectivity index (χ0n) is 18.3. The molecule has 0 spiro atoms. The molecule has 1 aromatic heterocycles. The molecule has 1 aromatic carbocycles. The van der Waals surface area contributed by atoms with E-state index in [4.69, 9.17) is 5.11 Å². The molecule has 0 radical (unpaired) electrons. The summed E-state index contributed by atoms with van der Waals surface area (Å²) in [5, 5.41) is 31.3. The van der Waals surface area contributed by atoms with Crippen LogP contribution in [0.3, 0.4) is 0 Å². The van der Waals surface area contributed by atoms with E-state index in [1.807, 2.05) is 17.5 Å². The number of aryl methyl sites for hydroxylation is 1. The SMILES string of the molecule is CCCCCC(O)c1ccc(C2=C(CO)CC[C@@H]2CCCc2csc(C(=O)O)c2)cc1. The Morgan fingerprint density at radius 2 is 1.97 bits per heavy atom. The summed E-state index contributed by atoms with van der Waals surface area (Å²) in [5.41, 5.74) is 5.61. The summed E-state index contributed by atoms with van der Waals surface area (Å²) in [4.78, 5) is 11.5. The minimum atomic E-state index is -0.858. The highest BCUT2D eigenvalue weighted by molar-refractivity contribution is 7.12. The smallest absolute Gasteiger partial charge is 0.345 e. The van der Waals surface area contributed by atoms with Crippen LogP contribution in [0.5, 0.6) is 0 Å². The summed E-state index contributed by atoms with van der Waals surface area (Å²) >= 11 is 1.29. The van der Waals surface area contributed by atoms with Crippen molar-refractivity contribution in [3.63, 3.8) is 0 Å². The maximum absolute atomic E-state index is 11.1. The Labute approximate surface area is 189 Å². The molecule has 4 nitrogen and oxygen atoms in total. The summed E-state index contributed by atoms with van der Waals surface area (Å²) < 4.78 is 0. The lowest BCUT2D eigenvalue weighted by Crippen LogP contribution is -2.03. The van der Waals surface area contributed by atoms with Crippen molar-refractivity contribution in [1.82, 2.24) is 0 Å². The molecule has 1 aliphatic rings. The molecule has 2 atom stereocenters. The highest BCUT2D eigenvalue weighted by atomic mass is 32.1. The van der Waals surface area contributed by atoms with Gasteiger partial charge in [0.15, 0.2) is 0 Å². The summed E-state index contributed by atoms with van der Waals surface area (Å²) in [6.07, 6.45) is 8.61. The van der Waals surface area contributed by atoms with Gasteiger partial charge in [0, 0.05) is 0 Å². The van der Waals surface area contributed by atoms with Gasteiger partial charge >= 0.3 is 5.97 Å². The second kappa shape index (κ2) is 11.6. The third-order valence-corrected chi connectivity index (χ3v) is 7.31. The Kier molecular flexibility index (Phi) is 8.88. The van der Waals surface area contributed by atoms with Crippen LogP contribution in [0.1, 0.15) is 90.8 Å². The van der Waals surface area contributed by atoms with Crippen molar-refractivity contribution in [2.24, 2.45) is 5.92 Å². The van der Waals surface area contributed by atoms with Crippen LogP contribution < -0.4 is 0 Å². The lowest BCUT2D eigenvalue weighted by molar-refractivity contribution is 0.0702. The molecular formula is C26H34O4S. The van der Waals surface area contributed by atoms with Gasteiger partial charge in [-0.1, -0.05) is 50.5 Å². The monoisotopic (exact) mass is 442 g/mol. The molecule has 0 bridgehead atoms. The molecule has 3 rings (SSSR count). The van der Waals surface area contributed by atoms with Crippen LogP contribution in [-0.4, -0.2) is 27.9 Å². The molecule has 2 aromatic rings. The van der Waals surface area contributed by atoms with Crippen LogP contribution in [0.15, 0.2) is 41.3 Å². The maximum atomic E-state index is 11.1. The Balaban J connectivity index is 1.62. The summed E-state index contributed by atoms with van der Waals surface area (Å²) in [7, 11) is 0. The summed E-state index contributed by atoms with van der Waals surface area (Å²) in [5.74, 6) is -0.441. The average molecular weight is 443 g/mol. The number of unbranched alkanes of at least 4 members (excludes halogenated alkanes) is 2. The fraction of sp³-hybridized carbons (Fsp3) is 0.500. The van der Waals surface area contributed by atoms with Crippen LogP contribution >= 0.6 is 11.3 Å². The molecule has 5 heteroatoms. The van der Waals surface area contributed by atoms with E-state index in [0.717, 1.165) is 80.1 Å². The van der Waals surface area contributed by atoms with Crippen molar-refractivity contribution in [2.75, 3.05) is 6.61 Å². The number of carbonyl (C=O) groups is 1. The van der Waals surface area contributed by atoms with Crippen LogP contribution in [-0.2, 0) is 6.42 Å². The molecule has 0 aliphatic heterocycles. The second-order valence-corrected chi connectivity index (χ2v) is 9.47. The van der Waals surface area contributed by atoms with Crippen molar-refractivity contribution in [2.45, 2.75) is 70.8 Å². The fourth-order valence-electron chi connectivity index (χ4n) is 4.62. The Hall–Kier alpha value is -1.95. The number of hydrogen-bond donors (Lipinski definition) is 3. The van der Waals surface area contributed by atoms with E-state index < -0.39 is 12.1 Å². The number of thiophene rings is 1. The van der Waals surface area contributed by atoms with Gasteiger partial charge < -0.3 is 15.3 Å². The van der Waals surface area contributed by atoms with Crippen LogP contribution in [0.2, 0.25) is 0 Å². The standard InChI is InChI=1S/C26H34O4S/c1-2-3-4-8-23(28)19-9-11-21(12-10-19)25-20(13-14-22(25)16-27)7-5-6-18-15-24(26(29)30)31-17-18/h9-12,15,17,20,23,27-28H,2-8,13-14,16H2,1H3,(H,29,30)/t20-,23?/m0/s1. The van der Waals surface area contributed by atoms with E-state index in [0.29, 0.717) is 10.8 Å². The number of aliphatic hydroxyl groups is 2. The second-order valence-electron chi connectivity index (χ2n) is 8.56. The maximum Gasteiger partial charge on any atom is 0.345 e. The van der Waals surface area contributed by atoms with Crippen molar-refractivity contribution in [3.05, 3.63) is 62.9 Å². The first kappa shape index (κ1) is 23.7. The Bertz CT molecular complexity index is 881. The Morgan fingerprint density at radius 1 is 1.19 bits per heavy atom. The molecule has 1 heterocycles. The zero-order chi connectivity index (χ0) is 22.2. The molecule has 0 amide bonds. The average Bonchev–Trinajstić information content (AvgIpc) is 3.41. The highest BCUT2D eigenvalue weighted by Crippen LogP contribution is 2.41. The fourth-order valence-corrected chi connectivity index (χ4v) is 5.40. The van der Waals surface area contributed by atoms with E-state index in [2.05, 4.69) is 19.1 Å². The lowest BCUT2D eigenvalue weighted by atomic mass is 9.88. The molecule has 1 unspecified atom stereocenters. The topological polar surface area (TPSA) is 77.8 Å². The molecule has 168 valence electrons. The van der Waals surface area contributed by atoms with Gasteiger partial charge in [-0.2, -0.15) is 0 Å². The number of hydrogen-bond acceptors (Lipinski definition) is 4. The molecule has 3 N–H and O–H groups in total. The van der Waals surface area contributed by atoms with Crippen molar-refractivity contribution < 1.29 is 20.1 Å². The van der Waals surface area contributed by atoms with Gasteiger partial charge in [-0.05, 0) is 83.7 Å². The zero-order valence-corrected chi connectivity index (χ0v) is 19.2. The van der Waals surface area contributed by atoms with Gasteiger partial charge in [-0.15, -0.1) is 11.3 Å². The third-order valence-electron chi connectivity index (χ3n) is 6.34. The van der Waals surface area contributed by atoms with Gasteiger partial charge in [-0.25, -0.2) is 4.79 Å². The molecule has 1 aliphatic carbocycles. The Morgan fingerprint density at radius 3 is 2.61 bits per heavy atom. The third kappa shape index (κ3) is 6.28. The number of rotatable bonds is 12. The first-order valence-electron chi connectivity index (χ1n) is 11.4. The largest absolute Gasteiger partial charge is 0.477 e. The highest BCUT2D eigenvalue weighted by Gasteiger charge is 2.26. The van der Waals surface area contributed by atoms with Crippen LogP contribution in [0.4, 0.5) is 0 Å². The van der Waals surface area contributed by atoms with Gasteiger partial charge in [0.25, 0.3) is 0 Å². The van der Waals surface area contributed by atoms with E-state index in [9.17, 15) is 15.0 Å². The predicted octanol–water partition coefficient (Wildman–Crippen LogP) is 6.24. The van der Waals surface area contributed by atoms with Crippen molar-refractivity contribution in [1.29, 1.82) is 0 Å². The van der Waals surface area contributed by atoms with Gasteiger partial charge in [0.1, 0.15) is 4.88 Å². The summed E-state index contributed by atoms with van der Waals surface area (Å²) in [6.45, 7) is 2.26. The van der Waals surface area contributed by atoms with Gasteiger partial charge in [0.05, 0.1) is 12.7 Å². The first-order valence-corrected chi connectivity index (χ1v) is 12.3. The first-order chi connectivity index (χ1) is 15.0. The number of aromatic carboxylic acids is 1. The van der Waals surface area contributed by atoms with Crippen molar-refractivity contribution in [3.8, 4) is 0 Å². The molecule has 31 heavy (non-hydrogen) atoms. The number of carboxylic acids is 1.